The third-order valence-electron chi connectivity index (χ3n) is 3.65. The zero-order chi connectivity index (χ0) is 16.1. The lowest BCUT2D eigenvalue weighted by Crippen LogP contribution is -2.26. The molecule has 2 heterocycles. The van der Waals surface area contributed by atoms with Gasteiger partial charge in [0.05, 0.1) is 23.8 Å². The topological polar surface area (TPSA) is 59.8 Å². The summed E-state index contributed by atoms with van der Waals surface area (Å²) < 4.78 is 1.85. The molecule has 3 rings (SSSR count). The number of aromatic nitrogens is 3. The molecule has 0 aliphatic heterocycles. The molecule has 0 aliphatic carbocycles. The molecule has 0 atom stereocenters. The molecule has 0 aliphatic rings. The average molecular weight is 306 g/mol. The van der Waals surface area contributed by atoms with Crippen LogP contribution in [-0.2, 0) is 13.5 Å². The Balaban J connectivity index is 1.72. The van der Waals surface area contributed by atoms with E-state index >= 15 is 0 Å². The van der Waals surface area contributed by atoms with Crippen LogP contribution in [0.2, 0.25) is 0 Å². The minimum Gasteiger partial charge on any atom is -0.352 e. The maximum absolute atomic E-state index is 12.5. The smallest absolute Gasteiger partial charge is 0.253 e. The van der Waals surface area contributed by atoms with Gasteiger partial charge in [-0.05, 0) is 24.1 Å². The molecule has 1 amide bonds. The standard InChI is InChI=1S/C18H18N4O/c1-22-13-19-12-16(22)17-15(8-5-10-20-17)18(23)21-11-9-14-6-3-2-4-7-14/h2-8,10,12-13H,9,11H2,1H3,(H,21,23). The predicted octanol–water partition coefficient (Wildman–Crippen LogP) is 2.45. The Morgan fingerprint density at radius 3 is 2.74 bits per heavy atom. The second-order valence-corrected chi connectivity index (χ2v) is 5.28. The van der Waals surface area contributed by atoms with Gasteiger partial charge < -0.3 is 9.88 Å². The first-order valence-corrected chi connectivity index (χ1v) is 7.49. The number of carbonyl (C=O) groups is 1. The molecule has 2 aromatic heterocycles. The van der Waals surface area contributed by atoms with Crippen LogP contribution in [0, 0.1) is 0 Å². The SMILES string of the molecule is Cn1cncc1-c1ncccc1C(=O)NCCc1ccccc1. The van der Waals surface area contributed by atoms with Gasteiger partial charge in [0.1, 0.15) is 5.69 Å². The fourth-order valence-electron chi connectivity index (χ4n) is 2.44. The quantitative estimate of drug-likeness (QED) is 0.787. The first-order chi connectivity index (χ1) is 11.3. The molecule has 0 saturated carbocycles. The molecule has 0 bridgehead atoms. The first-order valence-electron chi connectivity index (χ1n) is 7.49. The monoisotopic (exact) mass is 306 g/mol. The van der Waals surface area contributed by atoms with E-state index in [4.69, 9.17) is 0 Å². The van der Waals surface area contributed by atoms with Crippen LogP contribution in [-0.4, -0.2) is 27.0 Å². The van der Waals surface area contributed by atoms with E-state index in [-0.39, 0.29) is 5.91 Å². The van der Waals surface area contributed by atoms with E-state index < -0.39 is 0 Å². The van der Waals surface area contributed by atoms with Crippen LogP contribution in [0.4, 0.5) is 0 Å². The normalized spacial score (nSPS) is 10.5. The molecule has 0 spiro atoms. The highest BCUT2D eigenvalue weighted by atomic mass is 16.1. The van der Waals surface area contributed by atoms with Crippen LogP contribution in [0.15, 0.2) is 61.2 Å². The lowest BCUT2D eigenvalue weighted by Gasteiger charge is -2.09. The molecule has 5 heteroatoms. The van der Waals surface area contributed by atoms with Crippen LogP contribution in [0.1, 0.15) is 15.9 Å². The van der Waals surface area contributed by atoms with Crippen molar-refractivity contribution < 1.29 is 4.79 Å². The Morgan fingerprint density at radius 1 is 1.17 bits per heavy atom. The number of hydrogen-bond acceptors (Lipinski definition) is 3. The van der Waals surface area contributed by atoms with Crippen LogP contribution >= 0.6 is 0 Å². The van der Waals surface area contributed by atoms with Crippen molar-refractivity contribution in [3.63, 3.8) is 0 Å². The van der Waals surface area contributed by atoms with E-state index in [1.807, 2.05) is 29.8 Å². The van der Waals surface area contributed by atoms with Gasteiger partial charge in [-0.2, -0.15) is 0 Å². The van der Waals surface area contributed by atoms with Gasteiger partial charge in [-0.25, -0.2) is 4.98 Å². The minimum atomic E-state index is -0.120. The molecule has 3 aromatic rings. The lowest BCUT2D eigenvalue weighted by atomic mass is 10.1. The minimum absolute atomic E-state index is 0.120. The number of aryl methyl sites for hydroxylation is 1. The second kappa shape index (κ2) is 6.87. The largest absolute Gasteiger partial charge is 0.352 e. The highest BCUT2D eigenvalue weighted by Gasteiger charge is 2.15. The third kappa shape index (κ3) is 3.45. The number of nitrogens with one attached hydrogen (secondary N) is 1. The summed E-state index contributed by atoms with van der Waals surface area (Å²) in [5.41, 5.74) is 3.22. The van der Waals surface area contributed by atoms with Crippen molar-refractivity contribution in [3.8, 4) is 11.4 Å². The fraction of sp³-hybridized carbons (Fsp3) is 0.167. The van der Waals surface area contributed by atoms with Crippen molar-refractivity contribution in [3.05, 3.63) is 72.3 Å². The number of benzene rings is 1. The summed E-state index contributed by atoms with van der Waals surface area (Å²) in [7, 11) is 1.88. The number of imidazole rings is 1. The number of amides is 1. The molecule has 1 N–H and O–H groups in total. The Hall–Kier alpha value is -2.95. The van der Waals surface area contributed by atoms with Crippen molar-refractivity contribution in [2.45, 2.75) is 6.42 Å². The van der Waals surface area contributed by atoms with Gasteiger partial charge in [-0.3, -0.25) is 9.78 Å². The van der Waals surface area contributed by atoms with Crippen molar-refractivity contribution in [1.29, 1.82) is 0 Å². The number of pyridine rings is 1. The van der Waals surface area contributed by atoms with E-state index in [1.54, 1.807) is 30.9 Å². The molecular formula is C18H18N4O. The van der Waals surface area contributed by atoms with E-state index in [1.165, 1.54) is 5.56 Å². The van der Waals surface area contributed by atoms with Crippen LogP contribution in [0.5, 0.6) is 0 Å². The first kappa shape index (κ1) is 15.0. The molecule has 23 heavy (non-hydrogen) atoms. The van der Waals surface area contributed by atoms with Gasteiger partial charge in [0, 0.05) is 19.8 Å². The Bertz CT molecular complexity index is 796. The highest BCUT2D eigenvalue weighted by molar-refractivity contribution is 5.99. The molecule has 5 nitrogen and oxygen atoms in total. The molecule has 0 unspecified atom stereocenters. The molecule has 116 valence electrons. The number of carbonyl (C=O) groups excluding carboxylic acids is 1. The summed E-state index contributed by atoms with van der Waals surface area (Å²) in [6, 6.07) is 13.6. The second-order valence-electron chi connectivity index (χ2n) is 5.28. The summed E-state index contributed by atoms with van der Waals surface area (Å²) in [5.74, 6) is -0.120. The molecule has 1 aromatic carbocycles. The van der Waals surface area contributed by atoms with Crippen molar-refractivity contribution in [2.24, 2.45) is 7.05 Å². The molecule has 0 fully saturated rings. The predicted molar refractivity (Wildman–Crippen MR) is 88.9 cm³/mol. The van der Waals surface area contributed by atoms with E-state index in [2.05, 4.69) is 27.4 Å². The van der Waals surface area contributed by atoms with Gasteiger partial charge in [0.15, 0.2) is 0 Å². The summed E-state index contributed by atoms with van der Waals surface area (Å²) in [6.07, 6.45) is 5.89. The molecule has 0 radical (unpaired) electrons. The summed E-state index contributed by atoms with van der Waals surface area (Å²) in [6.45, 7) is 0.586. The van der Waals surface area contributed by atoms with Crippen LogP contribution < -0.4 is 5.32 Å². The number of hydrogen-bond donors (Lipinski definition) is 1. The van der Waals surface area contributed by atoms with Crippen molar-refractivity contribution >= 4 is 5.91 Å². The summed E-state index contributed by atoms with van der Waals surface area (Å²) in [4.78, 5) is 20.9. The van der Waals surface area contributed by atoms with Crippen LogP contribution in [0.3, 0.4) is 0 Å². The van der Waals surface area contributed by atoms with Gasteiger partial charge in [0.2, 0.25) is 0 Å². The molecule has 0 saturated heterocycles. The Labute approximate surface area is 135 Å². The molecular weight excluding hydrogens is 288 g/mol. The average Bonchev–Trinajstić information content (AvgIpc) is 3.01. The van der Waals surface area contributed by atoms with Gasteiger partial charge >= 0.3 is 0 Å². The van der Waals surface area contributed by atoms with Crippen molar-refractivity contribution in [1.82, 2.24) is 19.9 Å². The van der Waals surface area contributed by atoms with Gasteiger partial charge in [0.25, 0.3) is 5.91 Å². The van der Waals surface area contributed by atoms with Crippen LogP contribution in [0.25, 0.3) is 11.4 Å². The summed E-state index contributed by atoms with van der Waals surface area (Å²) in [5, 5.41) is 2.96. The van der Waals surface area contributed by atoms with E-state index in [0.29, 0.717) is 17.8 Å². The number of rotatable bonds is 5. The zero-order valence-corrected chi connectivity index (χ0v) is 12.9. The Morgan fingerprint density at radius 2 is 2.00 bits per heavy atom. The summed E-state index contributed by atoms with van der Waals surface area (Å²) >= 11 is 0. The van der Waals surface area contributed by atoms with Gasteiger partial charge in [-0.15, -0.1) is 0 Å². The van der Waals surface area contributed by atoms with E-state index in [0.717, 1.165) is 12.1 Å². The van der Waals surface area contributed by atoms with E-state index in [9.17, 15) is 4.79 Å². The maximum Gasteiger partial charge on any atom is 0.253 e. The Kier molecular flexibility index (Phi) is 4.47. The zero-order valence-electron chi connectivity index (χ0n) is 12.9. The third-order valence-corrected chi connectivity index (χ3v) is 3.65. The number of nitrogens with zero attached hydrogens (tertiary/aromatic N) is 3. The highest BCUT2D eigenvalue weighted by Crippen LogP contribution is 2.19. The van der Waals surface area contributed by atoms with Crippen molar-refractivity contribution in [2.75, 3.05) is 6.54 Å². The fourth-order valence-corrected chi connectivity index (χ4v) is 2.44. The van der Waals surface area contributed by atoms with Gasteiger partial charge in [-0.1, -0.05) is 30.3 Å². The lowest BCUT2D eigenvalue weighted by molar-refractivity contribution is 0.0954. The maximum atomic E-state index is 12.5.